The quantitative estimate of drug-likeness (QED) is 0.618. The third-order valence-electron chi connectivity index (χ3n) is 2.62. The molecule has 0 aliphatic heterocycles. The van der Waals surface area contributed by atoms with Crippen LogP contribution in [0.2, 0.25) is 0 Å². The van der Waals surface area contributed by atoms with Crippen LogP contribution in [0.15, 0.2) is 24.5 Å². The lowest BCUT2D eigenvalue weighted by Gasteiger charge is -2.07. The van der Waals surface area contributed by atoms with E-state index in [1.165, 1.54) is 0 Å². The predicted octanol–water partition coefficient (Wildman–Crippen LogP) is 1.03. The van der Waals surface area contributed by atoms with Crippen LogP contribution in [0, 0.1) is 10.1 Å². The van der Waals surface area contributed by atoms with Gasteiger partial charge in [-0.3, -0.25) is 10.1 Å². The number of carbonyl (C=O) groups is 1. The fourth-order valence-corrected chi connectivity index (χ4v) is 1.58. The number of hydrogen-bond donors (Lipinski definition) is 2. The lowest BCUT2D eigenvalue weighted by Crippen LogP contribution is -2.11. The van der Waals surface area contributed by atoms with Gasteiger partial charge in [-0.05, 0) is 6.07 Å². The molecule has 0 saturated carbocycles. The first kappa shape index (κ1) is 13.5. The Morgan fingerprint density at radius 1 is 1.55 bits per heavy atom. The Balaban J connectivity index is 2.28. The van der Waals surface area contributed by atoms with Gasteiger partial charge in [0.25, 0.3) is 0 Å². The first-order valence-corrected chi connectivity index (χ1v) is 5.58. The number of aromatic nitrogens is 3. The van der Waals surface area contributed by atoms with Crippen molar-refractivity contribution in [2.24, 2.45) is 7.05 Å². The Morgan fingerprint density at radius 2 is 2.30 bits per heavy atom. The summed E-state index contributed by atoms with van der Waals surface area (Å²) in [4.78, 5) is 28.9. The van der Waals surface area contributed by atoms with Crippen molar-refractivity contribution in [2.75, 3.05) is 5.32 Å². The van der Waals surface area contributed by atoms with E-state index < -0.39 is 10.9 Å². The Labute approximate surface area is 113 Å². The maximum atomic E-state index is 10.9. The molecular weight excluding hydrogens is 266 g/mol. The summed E-state index contributed by atoms with van der Waals surface area (Å²) in [6.07, 6.45) is 3.32. The van der Waals surface area contributed by atoms with Gasteiger partial charge in [-0.2, -0.15) is 0 Å². The topological polar surface area (TPSA) is 123 Å². The summed E-state index contributed by atoms with van der Waals surface area (Å²) in [7, 11) is 1.78. The Morgan fingerprint density at radius 3 is 2.85 bits per heavy atom. The molecule has 0 spiro atoms. The van der Waals surface area contributed by atoms with Gasteiger partial charge in [-0.15, -0.1) is 0 Å². The summed E-state index contributed by atoms with van der Waals surface area (Å²) in [6, 6.07) is 2.20. The molecule has 2 N–H and O–H groups in total. The van der Waals surface area contributed by atoms with Gasteiger partial charge < -0.3 is 15.0 Å². The largest absolute Gasteiger partial charge is 0.477 e. The summed E-state index contributed by atoms with van der Waals surface area (Å²) in [5, 5.41) is 22.5. The number of carboxylic acid groups (broad SMARTS) is 1. The van der Waals surface area contributed by atoms with E-state index in [1.54, 1.807) is 24.0 Å². The molecule has 9 nitrogen and oxygen atoms in total. The van der Waals surface area contributed by atoms with E-state index >= 15 is 0 Å². The van der Waals surface area contributed by atoms with Crippen molar-refractivity contribution in [3.63, 3.8) is 0 Å². The zero-order valence-electron chi connectivity index (χ0n) is 10.5. The number of carboxylic acids is 1. The number of pyridine rings is 1. The Bertz CT molecular complexity index is 667. The van der Waals surface area contributed by atoms with Gasteiger partial charge in [0.05, 0.1) is 11.5 Å². The number of hydrogen-bond acceptors (Lipinski definition) is 6. The molecule has 104 valence electrons. The number of aromatic carboxylic acids is 1. The summed E-state index contributed by atoms with van der Waals surface area (Å²) >= 11 is 0. The van der Waals surface area contributed by atoms with Crippen LogP contribution in [0.25, 0.3) is 0 Å². The van der Waals surface area contributed by atoms with Crippen LogP contribution in [0.4, 0.5) is 11.5 Å². The van der Waals surface area contributed by atoms with Gasteiger partial charge in [0, 0.05) is 25.5 Å². The third kappa shape index (κ3) is 2.71. The number of anilines is 1. The van der Waals surface area contributed by atoms with E-state index in [1.807, 2.05) is 0 Å². The van der Waals surface area contributed by atoms with Gasteiger partial charge in [0.1, 0.15) is 5.82 Å². The third-order valence-corrected chi connectivity index (χ3v) is 2.62. The van der Waals surface area contributed by atoms with Crippen molar-refractivity contribution in [3.05, 3.63) is 46.2 Å². The Kier molecular flexibility index (Phi) is 3.60. The van der Waals surface area contributed by atoms with Crippen molar-refractivity contribution in [2.45, 2.75) is 6.54 Å². The molecule has 0 unspecified atom stereocenters. The molecule has 0 bridgehead atoms. The van der Waals surface area contributed by atoms with Crippen molar-refractivity contribution >= 4 is 17.5 Å². The number of aryl methyl sites for hydroxylation is 1. The van der Waals surface area contributed by atoms with Crippen LogP contribution >= 0.6 is 0 Å². The molecule has 0 aromatic carbocycles. The highest BCUT2D eigenvalue weighted by Crippen LogP contribution is 2.22. The number of nitrogens with zero attached hydrogens (tertiary/aromatic N) is 4. The maximum Gasteiger partial charge on any atom is 0.354 e. The summed E-state index contributed by atoms with van der Waals surface area (Å²) in [5.41, 5.74) is -0.554. The van der Waals surface area contributed by atoms with E-state index in [0.717, 1.165) is 12.1 Å². The van der Waals surface area contributed by atoms with E-state index in [0.29, 0.717) is 5.82 Å². The molecule has 0 saturated heterocycles. The molecule has 0 aliphatic carbocycles. The fraction of sp³-hybridized carbons (Fsp3) is 0.182. The molecule has 0 fully saturated rings. The lowest BCUT2D eigenvalue weighted by molar-refractivity contribution is -0.384. The van der Waals surface area contributed by atoms with E-state index in [2.05, 4.69) is 15.3 Å². The van der Waals surface area contributed by atoms with Crippen molar-refractivity contribution in [1.29, 1.82) is 0 Å². The SMILES string of the molecule is Cn1ccnc1CNc1nc(C(=O)O)ccc1[N+](=O)[O-]. The van der Waals surface area contributed by atoms with Gasteiger partial charge in [-0.1, -0.05) is 0 Å². The minimum Gasteiger partial charge on any atom is -0.477 e. The molecular formula is C11H11N5O4. The monoisotopic (exact) mass is 277 g/mol. The van der Waals surface area contributed by atoms with Gasteiger partial charge in [0.2, 0.25) is 5.82 Å². The zero-order chi connectivity index (χ0) is 14.7. The fourth-order valence-electron chi connectivity index (χ4n) is 1.58. The smallest absolute Gasteiger partial charge is 0.354 e. The number of rotatable bonds is 5. The second kappa shape index (κ2) is 5.34. The molecule has 0 radical (unpaired) electrons. The molecule has 0 atom stereocenters. The Hall–Kier alpha value is -2.97. The normalized spacial score (nSPS) is 10.2. The van der Waals surface area contributed by atoms with E-state index in [4.69, 9.17) is 5.11 Å². The molecule has 2 heterocycles. The zero-order valence-corrected chi connectivity index (χ0v) is 10.5. The molecule has 2 rings (SSSR count). The number of nitro groups is 1. The van der Waals surface area contributed by atoms with Crippen molar-refractivity contribution in [3.8, 4) is 0 Å². The van der Waals surface area contributed by atoms with Gasteiger partial charge >= 0.3 is 11.7 Å². The molecule has 9 heteroatoms. The van der Waals surface area contributed by atoms with E-state index in [-0.39, 0.29) is 23.7 Å². The van der Waals surface area contributed by atoms with E-state index in [9.17, 15) is 14.9 Å². The van der Waals surface area contributed by atoms with Crippen LogP contribution in [-0.2, 0) is 13.6 Å². The van der Waals surface area contributed by atoms with Crippen LogP contribution in [0.3, 0.4) is 0 Å². The average molecular weight is 277 g/mol. The van der Waals surface area contributed by atoms with Gasteiger partial charge in [0.15, 0.2) is 5.69 Å². The number of imidazole rings is 1. The predicted molar refractivity (Wildman–Crippen MR) is 68.4 cm³/mol. The van der Waals surface area contributed by atoms with Crippen LogP contribution in [-0.4, -0.2) is 30.5 Å². The lowest BCUT2D eigenvalue weighted by atomic mass is 10.3. The minimum atomic E-state index is -1.25. The van der Waals surface area contributed by atoms with Crippen LogP contribution in [0.5, 0.6) is 0 Å². The van der Waals surface area contributed by atoms with Crippen molar-refractivity contribution < 1.29 is 14.8 Å². The molecule has 0 aliphatic rings. The first-order chi connectivity index (χ1) is 9.49. The highest BCUT2D eigenvalue weighted by atomic mass is 16.6. The molecule has 20 heavy (non-hydrogen) atoms. The van der Waals surface area contributed by atoms with Crippen molar-refractivity contribution in [1.82, 2.24) is 14.5 Å². The molecule has 0 amide bonds. The standard InChI is InChI=1S/C11H11N5O4/c1-15-5-4-12-9(15)6-13-10-8(16(19)20)3-2-7(14-10)11(17)18/h2-5H,6H2,1H3,(H,13,14)(H,17,18). The second-order valence-corrected chi connectivity index (χ2v) is 3.93. The van der Waals surface area contributed by atoms with Crippen LogP contribution in [0.1, 0.15) is 16.3 Å². The summed E-state index contributed by atoms with van der Waals surface area (Å²) in [5.74, 6) is -0.709. The number of nitrogens with one attached hydrogen (secondary N) is 1. The molecule has 2 aromatic rings. The highest BCUT2D eigenvalue weighted by Gasteiger charge is 2.18. The summed E-state index contributed by atoms with van der Waals surface area (Å²) in [6.45, 7) is 0.195. The average Bonchev–Trinajstić information content (AvgIpc) is 2.81. The highest BCUT2D eigenvalue weighted by molar-refractivity contribution is 5.86. The first-order valence-electron chi connectivity index (χ1n) is 5.58. The second-order valence-electron chi connectivity index (χ2n) is 3.93. The minimum absolute atomic E-state index is 0.0992. The maximum absolute atomic E-state index is 10.9. The van der Waals surface area contributed by atoms with Gasteiger partial charge in [-0.25, -0.2) is 14.8 Å². The van der Waals surface area contributed by atoms with Crippen LogP contribution < -0.4 is 5.32 Å². The summed E-state index contributed by atoms with van der Waals surface area (Å²) < 4.78 is 1.74. The molecule has 2 aromatic heterocycles.